The van der Waals surface area contributed by atoms with Gasteiger partial charge in [-0.15, -0.1) is 10.2 Å². The first-order valence-corrected chi connectivity index (χ1v) is 8.60. The molecule has 1 atom stereocenters. The average molecular weight is 354 g/mol. The summed E-state index contributed by atoms with van der Waals surface area (Å²) in [6.07, 6.45) is 3.75. The molecule has 0 spiro atoms. The Balaban J connectivity index is 1.56. The maximum atomic E-state index is 13.9. The number of benzene rings is 1. The third-order valence-corrected chi connectivity index (χ3v) is 4.81. The number of carbonyl (C=O) groups is 1. The first-order chi connectivity index (χ1) is 12.7. The Labute approximate surface area is 150 Å². The van der Waals surface area contributed by atoms with Crippen LogP contribution < -0.4 is 4.74 Å². The Hall–Kier alpha value is -2.96. The van der Waals surface area contributed by atoms with E-state index in [1.807, 2.05) is 28.8 Å². The maximum absolute atomic E-state index is 13.9. The van der Waals surface area contributed by atoms with E-state index >= 15 is 0 Å². The molecule has 1 amide bonds. The van der Waals surface area contributed by atoms with Gasteiger partial charge in [0, 0.05) is 30.8 Å². The zero-order valence-electron chi connectivity index (χ0n) is 14.4. The lowest BCUT2D eigenvalue weighted by molar-refractivity contribution is 0.0703. The number of ether oxygens (including phenoxy) is 1. The van der Waals surface area contributed by atoms with Gasteiger partial charge in [0.25, 0.3) is 5.91 Å². The molecule has 134 valence electrons. The highest BCUT2D eigenvalue weighted by atomic mass is 19.1. The molecule has 0 bridgehead atoms. The van der Waals surface area contributed by atoms with Crippen LogP contribution in [0.3, 0.4) is 0 Å². The number of halogens is 1. The third-order valence-electron chi connectivity index (χ3n) is 4.81. The van der Waals surface area contributed by atoms with Gasteiger partial charge in [0.05, 0.1) is 7.11 Å². The van der Waals surface area contributed by atoms with Crippen molar-refractivity contribution in [3.63, 3.8) is 0 Å². The standard InChI is InChI=1S/C19H19FN4O2/c1-26-16-8-7-13(11-15(16)20)19(25)23-9-4-5-14(12-23)18-22-21-17-6-2-3-10-24(17)18/h2-3,6-8,10-11,14H,4-5,9,12H2,1H3. The van der Waals surface area contributed by atoms with E-state index in [4.69, 9.17) is 4.74 Å². The van der Waals surface area contributed by atoms with Crippen molar-refractivity contribution < 1.29 is 13.9 Å². The summed E-state index contributed by atoms with van der Waals surface area (Å²) in [5, 5.41) is 8.52. The normalized spacial score (nSPS) is 17.5. The fourth-order valence-electron chi connectivity index (χ4n) is 3.49. The van der Waals surface area contributed by atoms with Gasteiger partial charge in [-0.1, -0.05) is 6.07 Å². The highest BCUT2D eigenvalue weighted by Crippen LogP contribution is 2.27. The van der Waals surface area contributed by atoms with E-state index in [2.05, 4.69) is 10.2 Å². The molecule has 3 aromatic rings. The van der Waals surface area contributed by atoms with Crippen molar-refractivity contribution in [3.05, 3.63) is 59.8 Å². The van der Waals surface area contributed by atoms with Crippen molar-refractivity contribution in [2.24, 2.45) is 0 Å². The van der Waals surface area contributed by atoms with E-state index in [0.29, 0.717) is 18.7 Å². The number of rotatable bonds is 3. The lowest BCUT2D eigenvalue weighted by Gasteiger charge is -2.32. The van der Waals surface area contributed by atoms with Crippen LogP contribution in [0.5, 0.6) is 5.75 Å². The lowest BCUT2D eigenvalue weighted by atomic mass is 9.96. The molecule has 1 saturated heterocycles. The number of amides is 1. The van der Waals surface area contributed by atoms with Crippen molar-refractivity contribution in [3.8, 4) is 5.75 Å². The number of methoxy groups -OCH3 is 1. The molecule has 0 N–H and O–H groups in total. The van der Waals surface area contributed by atoms with Crippen molar-refractivity contribution in [1.82, 2.24) is 19.5 Å². The first-order valence-electron chi connectivity index (χ1n) is 8.60. The Bertz CT molecular complexity index is 956. The minimum atomic E-state index is -0.532. The van der Waals surface area contributed by atoms with E-state index in [1.54, 1.807) is 11.0 Å². The van der Waals surface area contributed by atoms with Gasteiger partial charge in [0.1, 0.15) is 5.82 Å². The zero-order chi connectivity index (χ0) is 18.1. The molecule has 0 saturated carbocycles. The number of piperidine rings is 1. The highest BCUT2D eigenvalue weighted by Gasteiger charge is 2.28. The van der Waals surface area contributed by atoms with E-state index in [-0.39, 0.29) is 17.6 Å². The third kappa shape index (κ3) is 2.89. The quantitative estimate of drug-likeness (QED) is 0.726. The Morgan fingerprint density at radius 3 is 2.96 bits per heavy atom. The van der Waals surface area contributed by atoms with Crippen LogP contribution in [0, 0.1) is 5.82 Å². The zero-order valence-corrected chi connectivity index (χ0v) is 14.4. The number of fused-ring (bicyclic) bond motifs is 1. The summed E-state index contributed by atoms with van der Waals surface area (Å²) in [4.78, 5) is 14.6. The molecule has 2 aromatic heterocycles. The maximum Gasteiger partial charge on any atom is 0.253 e. The number of aromatic nitrogens is 3. The summed E-state index contributed by atoms with van der Waals surface area (Å²) in [6, 6.07) is 10.1. The second kappa shape index (κ2) is 6.74. The largest absolute Gasteiger partial charge is 0.494 e. The summed E-state index contributed by atoms with van der Waals surface area (Å²) in [7, 11) is 1.40. The van der Waals surface area contributed by atoms with Gasteiger partial charge in [-0.2, -0.15) is 0 Å². The summed E-state index contributed by atoms with van der Waals surface area (Å²) in [5.74, 6) is 0.389. The van der Waals surface area contributed by atoms with Crippen LogP contribution in [-0.2, 0) is 0 Å². The summed E-state index contributed by atoms with van der Waals surface area (Å²) >= 11 is 0. The van der Waals surface area contributed by atoms with Crippen LogP contribution in [0.1, 0.15) is 34.9 Å². The Kier molecular flexibility index (Phi) is 4.28. The van der Waals surface area contributed by atoms with Crippen LogP contribution in [0.4, 0.5) is 4.39 Å². The molecule has 4 rings (SSSR count). The van der Waals surface area contributed by atoms with Gasteiger partial charge in [0.15, 0.2) is 17.2 Å². The lowest BCUT2D eigenvalue weighted by Crippen LogP contribution is -2.39. The summed E-state index contributed by atoms with van der Waals surface area (Å²) < 4.78 is 20.8. The molecule has 1 aliphatic heterocycles. The average Bonchev–Trinajstić information content (AvgIpc) is 3.11. The molecule has 26 heavy (non-hydrogen) atoms. The molecule has 3 heterocycles. The minimum Gasteiger partial charge on any atom is -0.494 e. The van der Waals surface area contributed by atoms with Crippen molar-refractivity contribution in [1.29, 1.82) is 0 Å². The predicted octanol–water partition coefficient (Wildman–Crippen LogP) is 2.90. The first kappa shape index (κ1) is 16.5. The number of hydrogen-bond acceptors (Lipinski definition) is 4. The number of pyridine rings is 1. The van der Waals surface area contributed by atoms with Gasteiger partial charge >= 0.3 is 0 Å². The van der Waals surface area contributed by atoms with Gasteiger partial charge in [-0.05, 0) is 43.2 Å². The summed E-state index contributed by atoms with van der Waals surface area (Å²) in [5.41, 5.74) is 1.12. The van der Waals surface area contributed by atoms with Crippen LogP contribution >= 0.6 is 0 Å². The van der Waals surface area contributed by atoms with E-state index in [9.17, 15) is 9.18 Å². The second-order valence-corrected chi connectivity index (χ2v) is 6.43. The van der Waals surface area contributed by atoms with E-state index in [0.717, 1.165) is 24.3 Å². The topological polar surface area (TPSA) is 59.7 Å². The number of likely N-dealkylation sites (tertiary alicyclic amines) is 1. The minimum absolute atomic E-state index is 0.105. The highest BCUT2D eigenvalue weighted by molar-refractivity contribution is 5.94. The fraction of sp³-hybridized carbons (Fsp3) is 0.316. The molecular formula is C19H19FN4O2. The monoisotopic (exact) mass is 354 g/mol. The molecule has 1 fully saturated rings. The molecular weight excluding hydrogens is 335 g/mol. The summed E-state index contributed by atoms with van der Waals surface area (Å²) in [6.45, 7) is 1.20. The fourth-order valence-corrected chi connectivity index (χ4v) is 3.49. The molecule has 7 heteroatoms. The SMILES string of the molecule is COc1ccc(C(=O)N2CCCC(c3nnc4ccccn34)C2)cc1F. The van der Waals surface area contributed by atoms with E-state index in [1.165, 1.54) is 19.2 Å². The number of hydrogen-bond donors (Lipinski definition) is 0. The van der Waals surface area contributed by atoms with Crippen LogP contribution in [0.25, 0.3) is 5.65 Å². The molecule has 0 radical (unpaired) electrons. The van der Waals surface area contributed by atoms with Crippen molar-refractivity contribution >= 4 is 11.6 Å². The number of nitrogens with zero attached hydrogens (tertiary/aromatic N) is 4. The molecule has 6 nitrogen and oxygen atoms in total. The van der Waals surface area contributed by atoms with Crippen LogP contribution in [-0.4, -0.2) is 45.6 Å². The van der Waals surface area contributed by atoms with E-state index < -0.39 is 5.82 Å². The smallest absolute Gasteiger partial charge is 0.253 e. The van der Waals surface area contributed by atoms with Crippen LogP contribution in [0.2, 0.25) is 0 Å². The molecule has 1 aliphatic rings. The van der Waals surface area contributed by atoms with Crippen LogP contribution in [0.15, 0.2) is 42.6 Å². The number of carbonyl (C=O) groups excluding carboxylic acids is 1. The van der Waals surface area contributed by atoms with Gasteiger partial charge in [0.2, 0.25) is 0 Å². The predicted molar refractivity (Wildman–Crippen MR) is 93.8 cm³/mol. The van der Waals surface area contributed by atoms with Gasteiger partial charge < -0.3 is 9.64 Å². The van der Waals surface area contributed by atoms with Gasteiger partial charge in [-0.25, -0.2) is 4.39 Å². The second-order valence-electron chi connectivity index (χ2n) is 6.43. The van der Waals surface area contributed by atoms with Crippen molar-refractivity contribution in [2.75, 3.05) is 20.2 Å². The van der Waals surface area contributed by atoms with Gasteiger partial charge in [-0.3, -0.25) is 9.20 Å². The molecule has 1 aromatic carbocycles. The van der Waals surface area contributed by atoms with Crippen molar-refractivity contribution in [2.45, 2.75) is 18.8 Å². The molecule has 1 unspecified atom stereocenters. The Morgan fingerprint density at radius 2 is 2.15 bits per heavy atom. The molecule has 0 aliphatic carbocycles. The Morgan fingerprint density at radius 1 is 1.27 bits per heavy atom.